The maximum Gasteiger partial charge on any atom is 0.442 e. The smallest absolute Gasteiger partial charge is 0.313 e. The highest BCUT2D eigenvalue weighted by molar-refractivity contribution is 8.43. The average molecular weight is 285 g/mol. The largest absolute Gasteiger partial charge is 0.442 e. The van der Waals surface area contributed by atoms with Crippen molar-refractivity contribution in [1.82, 2.24) is 4.90 Å². The fourth-order valence-electron chi connectivity index (χ4n) is 1.79. The van der Waals surface area contributed by atoms with E-state index in [0.717, 1.165) is 33.0 Å². The lowest BCUT2D eigenvalue weighted by atomic mass is 10.1. The van der Waals surface area contributed by atoms with Gasteiger partial charge in [0.1, 0.15) is 0 Å². The molecule has 0 amide bonds. The molecule has 0 saturated carbocycles. The molecule has 1 aliphatic rings. The van der Waals surface area contributed by atoms with Gasteiger partial charge in [0.15, 0.2) is 0 Å². The van der Waals surface area contributed by atoms with Crippen molar-refractivity contribution in [2.75, 3.05) is 26.7 Å². The molecule has 1 heterocycles. The first-order valence-corrected chi connectivity index (χ1v) is 8.92. The molecule has 3 unspecified atom stereocenters. The van der Waals surface area contributed by atoms with Crippen LogP contribution >= 0.6 is 6.80 Å². The quantitative estimate of drug-likeness (QED) is 0.741. The van der Waals surface area contributed by atoms with Crippen LogP contribution in [0.5, 0.6) is 0 Å². The van der Waals surface area contributed by atoms with E-state index in [1.165, 1.54) is 6.42 Å². The van der Waals surface area contributed by atoms with E-state index >= 15 is 0 Å². The summed E-state index contributed by atoms with van der Waals surface area (Å²) in [7, 11) is -1.26. The Labute approximate surface area is 104 Å². The van der Waals surface area contributed by atoms with Gasteiger partial charge >= 0.3 is 6.80 Å². The predicted octanol–water partition coefficient (Wildman–Crippen LogP) is 1.29. The molecular formula is C9H20NO5PS. The number of piperidine rings is 1. The van der Waals surface area contributed by atoms with E-state index in [-0.39, 0.29) is 6.10 Å². The van der Waals surface area contributed by atoms with Crippen LogP contribution in [-0.4, -0.2) is 46.9 Å². The predicted molar refractivity (Wildman–Crippen MR) is 65.8 cm³/mol. The summed E-state index contributed by atoms with van der Waals surface area (Å²) < 4.78 is 31.8. The number of rotatable bonds is 6. The molecule has 1 N–H and O–H groups in total. The van der Waals surface area contributed by atoms with E-state index < -0.39 is 17.5 Å². The zero-order chi connectivity index (χ0) is 12.9. The van der Waals surface area contributed by atoms with E-state index in [1.807, 2.05) is 0 Å². The number of likely N-dealkylation sites (tertiary alicyclic amines) is 1. The van der Waals surface area contributed by atoms with Crippen molar-refractivity contribution < 1.29 is 22.4 Å². The van der Waals surface area contributed by atoms with Crippen molar-refractivity contribution in [2.24, 2.45) is 0 Å². The minimum atomic E-state index is -4.14. The third-order valence-corrected chi connectivity index (χ3v) is 5.80. The molecule has 0 bridgehead atoms. The van der Waals surface area contributed by atoms with Crippen LogP contribution < -0.4 is 0 Å². The highest BCUT2D eigenvalue weighted by Crippen LogP contribution is 2.46. The number of nitrogens with zero attached hydrogens (tertiary/aromatic N) is 1. The fraction of sp³-hybridized carbons (Fsp3) is 1.00. The summed E-state index contributed by atoms with van der Waals surface area (Å²) in [6.07, 6.45) is 3.20. The van der Waals surface area contributed by atoms with Gasteiger partial charge in [-0.05, 0) is 32.9 Å². The maximum absolute atomic E-state index is 11.4. The Balaban J connectivity index is 2.35. The lowest BCUT2D eigenvalue weighted by molar-refractivity contribution is 0.141. The van der Waals surface area contributed by atoms with Crippen LogP contribution in [0.2, 0.25) is 0 Å². The number of hydrogen-bond donors (Lipinski definition) is 1. The van der Waals surface area contributed by atoms with Crippen LogP contribution in [0.1, 0.15) is 26.2 Å². The molecule has 1 rings (SSSR count). The molecule has 6 nitrogen and oxygen atoms in total. The summed E-state index contributed by atoms with van der Waals surface area (Å²) >= 11 is 0. The van der Waals surface area contributed by atoms with Crippen molar-refractivity contribution in [3.05, 3.63) is 0 Å². The second-order valence-electron chi connectivity index (χ2n) is 4.14. The normalized spacial score (nSPS) is 25.1. The van der Waals surface area contributed by atoms with E-state index in [0.29, 0.717) is 6.54 Å². The van der Waals surface area contributed by atoms with Gasteiger partial charge in [-0.3, -0.25) is 4.18 Å². The van der Waals surface area contributed by atoms with E-state index in [2.05, 4.69) is 9.42 Å². The lowest BCUT2D eigenvalue weighted by Crippen LogP contribution is -2.36. The molecule has 17 heavy (non-hydrogen) atoms. The van der Waals surface area contributed by atoms with Crippen molar-refractivity contribution in [3.63, 3.8) is 0 Å². The zero-order valence-corrected chi connectivity index (χ0v) is 11.9. The topological polar surface area (TPSA) is 76.1 Å². The minimum absolute atomic E-state index is 0.357. The van der Waals surface area contributed by atoms with Crippen LogP contribution in [-0.2, 0) is 24.0 Å². The maximum atomic E-state index is 11.4. The second-order valence-corrected chi connectivity index (χ2v) is 8.34. The van der Waals surface area contributed by atoms with Gasteiger partial charge in [-0.15, -0.1) is 0 Å². The molecule has 0 aromatic carbocycles. The summed E-state index contributed by atoms with van der Waals surface area (Å²) in [5, 5.41) is 0. The molecule has 0 spiro atoms. The van der Waals surface area contributed by atoms with Gasteiger partial charge in [-0.2, -0.15) is 0 Å². The molecule has 0 radical (unpaired) electrons. The Hall–Kier alpha value is 0.220. The summed E-state index contributed by atoms with van der Waals surface area (Å²) in [4.78, 5) is 11.3. The average Bonchev–Trinajstić information content (AvgIpc) is 2.30. The van der Waals surface area contributed by atoms with Crippen molar-refractivity contribution in [1.29, 1.82) is 0 Å². The summed E-state index contributed by atoms with van der Waals surface area (Å²) in [6.45, 7) is 0.221. The minimum Gasteiger partial charge on any atom is -0.313 e. The van der Waals surface area contributed by atoms with Crippen molar-refractivity contribution in [2.45, 2.75) is 32.3 Å². The van der Waals surface area contributed by atoms with Crippen molar-refractivity contribution >= 4 is 17.5 Å². The van der Waals surface area contributed by atoms with Gasteiger partial charge in [0.05, 0.1) is 6.10 Å². The first kappa shape index (κ1) is 15.3. The van der Waals surface area contributed by atoms with E-state index in [1.54, 1.807) is 6.92 Å². The van der Waals surface area contributed by atoms with Gasteiger partial charge in [-0.1, -0.05) is 6.42 Å². The molecule has 1 fully saturated rings. The summed E-state index contributed by atoms with van der Waals surface area (Å²) in [5.74, 6) is 0. The SMILES string of the molecule is COP(=O)(O)S(=O)OC(C)CN1CCCCC1. The molecule has 8 heteroatoms. The monoisotopic (exact) mass is 285 g/mol. The van der Waals surface area contributed by atoms with Gasteiger partial charge in [0, 0.05) is 13.7 Å². The van der Waals surface area contributed by atoms with Crippen molar-refractivity contribution in [3.8, 4) is 0 Å². The Morgan fingerprint density at radius 2 is 2.00 bits per heavy atom. The van der Waals surface area contributed by atoms with Gasteiger partial charge in [0.25, 0.3) is 10.7 Å². The molecule has 1 saturated heterocycles. The molecule has 0 aromatic heterocycles. The van der Waals surface area contributed by atoms with Gasteiger partial charge < -0.3 is 14.3 Å². The van der Waals surface area contributed by atoms with Crippen LogP contribution in [0.4, 0.5) is 0 Å². The molecule has 3 atom stereocenters. The second kappa shape index (κ2) is 6.97. The third-order valence-electron chi connectivity index (χ3n) is 2.63. The van der Waals surface area contributed by atoms with E-state index in [4.69, 9.17) is 9.08 Å². The summed E-state index contributed by atoms with van der Waals surface area (Å²) in [6, 6.07) is 0. The highest BCUT2D eigenvalue weighted by Gasteiger charge is 2.30. The zero-order valence-electron chi connectivity index (χ0n) is 10.2. The van der Waals surface area contributed by atoms with Crippen LogP contribution in [0.25, 0.3) is 0 Å². The first-order valence-electron chi connectivity index (χ1n) is 5.66. The standard InChI is InChI=1S/C9H20NO5PS/c1-9(8-10-6-4-3-5-7-10)15-17(13)16(11,12)14-2/h9H,3-8H2,1-2H3,(H,11,12). The first-order chi connectivity index (χ1) is 7.95. The third kappa shape index (κ3) is 5.16. The van der Waals surface area contributed by atoms with Gasteiger partial charge in [0.2, 0.25) is 0 Å². The molecular weight excluding hydrogens is 265 g/mol. The highest BCUT2D eigenvalue weighted by atomic mass is 32.8. The molecule has 1 aliphatic heterocycles. The molecule has 0 aromatic rings. The van der Waals surface area contributed by atoms with Gasteiger partial charge in [-0.25, -0.2) is 8.77 Å². The number of hydrogen-bond acceptors (Lipinski definition) is 5. The van der Waals surface area contributed by atoms with Crippen LogP contribution in [0.3, 0.4) is 0 Å². The fourth-order valence-corrected chi connectivity index (χ4v) is 3.50. The van der Waals surface area contributed by atoms with Crippen LogP contribution in [0, 0.1) is 0 Å². The summed E-state index contributed by atoms with van der Waals surface area (Å²) in [5.41, 5.74) is 0. The Morgan fingerprint density at radius 1 is 1.41 bits per heavy atom. The lowest BCUT2D eigenvalue weighted by Gasteiger charge is -2.28. The molecule has 0 aliphatic carbocycles. The Kier molecular flexibility index (Phi) is 6.26. The van der Waals surface area contributed by atoms with Crippen LogP contribution in [0.15, 0.2) is 0 Å². The van der Waals surface area contributed by atoms with E-state index in [9.17, 15) is 8.77 Å². The Bertz CT molecular complexity index is 308. The molecule has 102 valence electrons. The Morgan fingerprint density at radius 3 is 2.53 bits per heavy atom.